The monoisotopic (exact) mass is 318 g/mol. The van der Waals surface area contributed by atoms with Crippen molar-refractivity contribution in [2.45, 2.75) is 84.3 Å². The van der Waals surface area contributed by atoms with Gasteiger partial charge in [-0.25, -0.2) is 0 Å². The van der Waals surface area contributed by atoms with E-state index in [0.29, 0.717) is 16.7 Å². The maximum Gasteiger partial charge on any atom is 0.0577 e. The SMILES string of the molecule is CC(O)[C@H]1CCC2C3CC=C4C[C@@H](O)CC[C@]4(C)C3CC[C@@]21C. The van der Waals surface area contributed by atoms with Crippen LogP contribution in [0.3, 0.4) is 0 Å². The standard InChI is InChI=1S/C21H34O2/c1-13(22)17-6-7-18-16-5-4-14-12-15(23)8-10-20(14,2)19(16)9-11-21(17,18)3/h4,13,15-19,22-23H,5-12H2,1-3H3/t13?,15-,16?,17+,18?,19?,20-,21+/m0/s1. The second kappa shape index (κ2) is 5.33. The molecule has 0 aromatic carbocycles. The summed E-state index contributed by atoms with van der Waals surface area (Å²) in [5, 5.41) is 20.4. The fourth-order valence-corrected chi connectivity index (χ4v) is 7.47. The fourth-order valence-electron chi connectivity index (χ4n) is 7.47. The van der Waals surface area contributed by atoms with E-state index >= 15 is 0 Å². The quantitative estimate of drug-likeness (QED) is 0.707. The van der Waals surface area contributed by atoms with E-state index in [-0.39, 0.29) is 12.2 Å². The Labute approximate surface area is 141 Å². The lowest BCUT2D eigenvalue weighted by molar-refractivity contribution is -0.0675. The summed E-state index contributed by atoms with van der Waals surface area (Å²) in [4.78, 5) is 0. The van der Waals surface area contributed by atoms with Gasteiger partial charge in [-0.05, 0) is 92.8 Å². The van der Waals surface area contributed by atoms with Crippen LogP contribution < -0.4 is 0 Å². The smallest absolute Gasteiger partial charge is 0.0577 e. The van der Waals surface area contributed by atoms with Crippen molar-refractivity contribution < 1.29 is 10.2 Å². The molecule has 0 aromatic rings. The molecule has 0 saturated heterocycles. The number of fused-ring (bicyclic) bond motifs is 5. The first-order chi connectivity index (χ1) is 10.9. The Morgan fingerprint density at radius 2 is 1.87 bits per heavy atom. The summed E-state index contributed by atoms with van der Waals surface area (Å²) in [5.41, 5.74) is 2.25. The van der Waals surface area contributed by atoms with Crippen molar-refractivity contribution in [1.82, 2.24) is 0 Å². The van der Waals surface area contributed by atoms with Crippen LogP contribution in [-0.2, 0) is 0 Å². The van der Waals surface area contributed by atoms with Crippen molar-refractivity contribution >= 4 is 0 Å². The highest BCUT2D eigenvalue weighted by Crippen LogP contribution is 2.66. The molecule has 4 aliphatic carbocycles. The molecule has 4 rings (SSSR count). The van der Waals surface area contributed by atoms with E-state index in [1.807, 2.05) is 6.92 Å². The summed E-state index contributed by atoms with van der Waals surface area (Å²) in [7, 11) is 0. The van der Waals surface area contributed by atoms with Crippen LogP contribution in [0.1, 0.15) is 72.1 Å². The maximum absolute atomic E-state index is 10.3. The molecule has 4 unspecified atom stereocenters. The number of aliphatic hydroxyl groups excluding tert-OH is 2. The van der Waals surface area contributed by atoms with Crippen LogP contribution in [-0.4, -0.2) is 22.4 Å². The Morgan fingerprint density at radius 3 is 2.61 bits per heavy atom. The van der Waals surface area contributed by atoms with Crippen LogP contribution in [0.4, 0.5) is 0 Å². The van der Waals surface area contributed by atoms with E-state index in [0.717, 1.165) is 30.6 Å². The van der Waals surface area contributed by atoms with Crippen LogP contribution in [0.2, 0.25) is 0 Å². The van der Waals surface area contributed by atoms with Gasteiger partial charge in [0.1, 0.15) is 0 Å². The summed E-state index contributed by atoms with van der Waals surface area (Å²) in [6.07, 6.45) is 11.7. The number of rotatable bonds is 1. The van der Waals surface area contributed by atoms with Gasteiger partial charge >= 0.3 is 0 Å². The molecule has 0 aliphatic heterocycles. The van der Waals surface area contributed by atoms with Crippen LogP contribution >= 0.6 is 0 Å². The molecule has 2 heteroatoms. The molecule has 23 heavy (non-hydrogen) atoms. The lowest BCUT2D eigenvalue weighted by Crippen LogP contribution is -2.51. The molecule has 0 radical (unpaired) electrons. The van der Waals surface area contributed by atoms with E-state index in [9.17, 15) is 10.2 Å². The third kappa shape index (κ3) is 2.20. The van der Waals surface area contributed by atoms with Crippen LogP contribution in [0, 0.1) is 34.5 Å². The molecular formula is C21H34O2. The summed E-state index contributed by atoms with van der Waals surface area (Å²) in [6, 6.07) is 0. The minimum Gasteiger partial charge on any atom is -0.393 e. The van der Waals surface area contributed by atoms with E-state index in [1.54, 1.807) is 5.57 Å². The van der Waals surface area contributed by atoms with Crippen LogP contribution in [0.5, 0.6) is 0 Å². The second-order valence-electron chi connectivity index (χ2n) is 9.62. The summed E-state index contributed by atoms with van der Waals surface area (Å²) < 4.78 is 0. The third-order valence-electron chi connectivity index (χ3n) is 8.73. The zero-order valence-electron chi connectivity index (χ0n) is 15.1. The molecule has 0 bridgehead atoms. The molecule has 130 valence electrons. The zero-order chi connectivity index (χ0) is 16.4. The summed E-state index contributed by atoms with van der Waals surface area (Å²) >= 11 is 0. The topological polar surface area (TPSA) is 40.5 Å². The molecule has 4 aliphatic rings. The number of hydrogen-bond acceptors (Lipinski definition) is 2. The summed E-state index contributed by atoms with van der Waals surface area (Å²) in [5.74, 6) is 2.91. The largest absolute Gasteiger partial charge is 0.393 e. The van der Waals surface area contributed by atoms with Gasteiger partial charge in [0.2, 0.25) is 0 Å². The number of aliphatic hydroxyl groups is 2. The average molecular weight is 319 g/mol. The Morgan fingerprint density at radius 1 is 1.09 bits per heavy atom. The fraction of sp³-hybridized carbons (Fsp3) is 0.905. The van der Waals surface area contributed by atoms with Crippen LogP contribution in [0.15, 0.2) is 11.6 Å². The van der Waals surface area contributed by atoms with Gasteiger partial charge in [0, 0.05) is 0 Å². The highest BCUT2D eigenvalue weighted by Gasteiger charge is 2.59. The molecule has 2 nitrogen and oxygen atoms in total. The summed E-state index contributed by atoms with van der Waals surface area (Å²) in [6.45, 7) is 6.98. The third-order valence-corrected chi connectivity index (χ3v) is 8.73. The number of allylic oxidation sites excluding steroid dienone is 1. The molecule has 8 atom stereocenters. The van der Waals surface area contributed by atoms with Crippen molar-refractivity contribution in [3.63, 3.8) is 0 Å². The molecule has 0 aromatic heterocycles. The molecular weight excluding hydrogens is 284 g/mol. The zero-order valence-corrected chi connectivity index (χ0v) is 15.1. The van der Waals surface area contributed by atoms with Gasteiger partial charge in [-0.15, -0.1) is 0 Å². The Kier molecular flexibility index (Phi) is 3.74. The Hall–Kier alpha value is -0.340. The van der Waals surface area contributed by atoms with Gasteiger partial charge in [0.25, 0.3) is 0 Å². The molecule has 3 fully saturated rings. The molecule has 3 saturated carbocycles. The van der Waals surface area contributed by atoms with Gasteiger partial charge in [0.05, 0.1) is 12.2 Å². The Bertz CT molecular complexity index is 510. The van der Waals surface area contributed by atoms with Crippen LogP contribution in [0.25, 0.3) is 0 Å². The predicted molar refractivity (Wildman–Crippen MR) is 92.9 cm³/mol. The van der Waals surface area contributed by atoms with E-state index in [4.69, 9.17) is 0 Å². The van der Waals surface area contributed by atoms with E-state index < -0.39 is 0 Å². The van der Waals surface area contributed by atoms with Crippen molar-refractivity contribution in [1.29, 1.82) is 0 Å². The lowest BCUT2D eigenvalue weighted by Gasteiger charge is -2.58. The Balaban J connectivity index is 1.65. The van der Waals surface area contributed by atoms with Gasteiger partial charge in [0.15, 0.2) is 0 Å². The first-order valence-electron chi connectivity index (χ1n) is 9.92. The van der Waals surface area contributed by atoms with Crippen molar-refractivity contribution in [3.8, 4) is 0 Å². The lowest BCUT2D eigenvalue weighted by atomic mass is 9.47. The predicted octanol–water partition coefficient (Wildman–Crippen LogP) is 4.31. The van der Waals surface area contributed by atoms with E-state index in [2.05, 4.69) is 19.9 Å². The van der Waals surface area contributed by atoms with Gasteiger partial charge < -0.3 is 10.2 Å². The first-order valence-corrected chi connectivity index (χ1v) is 9.92. The van der Waals surface area contributed by atoms with Gasteiger partial charge in [-0.3, -0.25) is 0 Å². The molecule has 2 N–H and O–H groups in total. The highest BCUT2D eigenvalue weighted by molar-refractivity contribution is 5.25. The first kappa shape index (κ1) is 16.1. The minimum absolute atomic E-state index is 0.106. The minimum atomic E-state index is -0.156. The average Bonchev–Trinajstić information content (AvgIpc) is 2.85. The molecule has 0 amide bonds. The van der Waals surface area contributed by atoms with Crippen molar-refractivity contribution in [3.05, 3.63) is 11.6 Å². The van der Waals surface area contributed by atoms with Crippen molar-refractivity contribution in [2.24, 2.45) is 34.5 Å². The second-order valence-corrected chi connectivity index (χ2v) is 9.62. The normalized spacial score (nSPS) is 53.8. The van der Waals surface area contributed by atoms with Crippen molar-refractivity contribution in [2.75, 3.05) is 0 Å². The van der Waals surface area contributed by atoms with Gasteiger partial charge in [-0.1, -0.05) is 25.5 Å². The molecule has 0 spiro atoms. The number of hydrogen-bond donors (Lipinski definition) is 2. The molecule has 0 heterocycles. The highest BCUT2D eigenvalue weighted by atomic mass is 16.3. The van der Waals surface area contributed by atoms with E-state index in [1.165, 1.54) is 38.5 Å². The van der Waals surface area contributed by atoms with Gasteiger partial charge in [-0.2, -0.15) is 0 Å². The maximum atomic E-state index is 10.3.